The van der Waals surface area contributed by atoms with Gasteiger partial charge in [0.2, 0.25) is 0 Å². The molecule has 2 aliphatic carbocycles. The van der Waals surface area contributed by atoms with E-state index in [-0.39, 0.29) is 0 Å². The smallest absolute Gasteiger partial charge is 0.299 e. The van der Waals surface area contributed by atoms with Gasteiger partial charge in [-0.3, -0.25) is 4.72 Å². The first-order chi connectivity index (χ1) is 12.6. The van der Waals surface area contributed by atoms with E-state index in [1.807, 2.05) is 6.07 Å². The molecule has 5 nitrogen and oxygen atoms in total. The van der Waals surface area contributed by atoms with Crippen molar-refractivity contribution in [3.63, 3.8) is 0 Å². The van der Waals surface area contributed by atoms with Crippen LogP contribution in [0, 0.1) is 11.8 Å². The Morgan fingerprint density at radius 1 is 1.12 bits per heavy atom. The quantitative estimate of drug-likeness (QED) is 0.456. The topological polar surface area (TPSA) is 70.2 Å². The first-order valence-electron chi connectivity index (χ1n) is 9.81. The summed E-state index contributed by atoms with van der Waals surface area (Å²) in [6, 6.07) is 9.53. The number of benzene rings is 1. The lowest BCUT2D eigenvalue weighted by atomic mass is 9.70. The molecule has 2 aliphatic rings. The van der Waals surface area contributed by atoms with Gasteiger partial charge in [-0.2, -0.15) is 13.1 Å². The number of para-hydroxylation sites is 1. The molecule has 0 spiro atoms. The van der Waals surface area contributed by atoms with Gasteiger partial charge in [0.25, 0.3) is 10.2 Å². The molecule has 3 rings (SSSR count). The summed E-state index contributed by atoms with van der Waals surface area (Å²) in [7, 11) is -3.50. The van der Waals surface area contributed by atoms with Crippen molar-refractivity contribution in [2.24, 2.45) is 11.8 Å². The van der Waals surface area contributed by atoms with E-state index >= 15 is 0 Å². The fourth-order valence-corrected chi connectivity index (χ4v) is 5.16. The lowest BCUT2D eigenvalue weighted by Gasteiger charge is -2.40. The molecule has 6 heteroatoms. The monoisotopic (exact) mass is 377 g/mol. The zero-order valence-electron chi connectivity index (χ0n) is 15.6. The van der Waals surface area contributed by atoms with E-state index in [9.17, 15) is 8.42 Å². The van der Waals surface area contributed by atoms with Crippen molar-refractivity contribution < 1.29 is 8.42 Å². The summed E-state index contributed by atoms with van der Waals surface area (Å²) in [6.45, 7) is 3.55. The number of fused-ring (bicyclic) bond motifs is 2. The van der Waals surface area contributed by atoms with Gasteiger partial charge in [-0.05, 0) is 69.0 Å². The summed E-state index contributed by atoms with van der Waals surface area (Å²) < 4.78 is 29.2. The summed E-state index contributed by atoms with van der Waals surface area (Å²) in [5.74, 6) is 1.54. The SMILES string of the molecule is CCC1=CC2CCC(NCCCNS(=O)(=O)Nc3ccccc3)C(C1)C2. The lowest BCUT2D eigenvalue weighted by molar-refractivity contribution is 0.211. The molecule has 26 heavy (non-hydrogen) atoms. The zero-order valence-corrected chi connectivity index (χ0v) is 16.4. The highest BCUT2D eigenvalue weighted by Crippen LogP contribution is 2.39. The van der Waals surface area contributed by atoms with Gasteiger partial charge >= 0.3 is 0 Å². The van der Waals surface area contributed by atoms with Crippen molar-refractivity contribution in [2.45, 2.75) is 51.5 Å². The van der Waals surface area contributed by atoms with Crippen LogP contribution in [0.15, 0.2) is 42.0 Å². The van der Waals surface area contributed by atoms with Gasteiger partial charge in [0.1, 0.15) is 0 Å². The molecule has 0 aromatic heterocycles. The molecule has 3 atom stereocenters. The molecule has 1 aromatic rings. The maximum Gasteiger partial charge on any atom is 0.299 e. The average molecular weight is 378 g/mol. The third kappa shape index (κ3) is 5.56. The summed E-state index contributed by atoms with van der Waals surface area (Å²) in [5.41, 5.74) is 2.20. The summed E-state index contributed by atoms with van der Waals surface area (Å²) in [6.07, 6.45) is 9.55. The Labute approximate surface area is 157 Å². The van der Waals surface area contributed by atoms with Gasteiger partial charge in [-0.1, -0.05) is 36.8 Å². The molecule has 0 radical (unpaired) electrons. The Hall–Kier alpha value is -1.37. The summed E-state index contributed by atoms with van der Waals surface area (Å²) in [4.78, 5) is 0. The molecule has 1 aromatic carbocycles. The van der Waals surface area contributed by atoms with E-state index in [0.29, 0.717) is 18.3 Å². The first-order valence-corrected chi connectivity index (χ1v) is 11.3. The van der Waals surface area contributed by atoms with Crippen LogP contribution in [0.3, 0.4) is 0 Å². The van der Waals surface area contributed by atoms with Crippen molar-refractivity contribution in [3.05, 3.63) is 42.0 Å². The molecule has 1 fully saturated rings. The molecule has 0 saturated heterocycles. The fraction of sp³-hybridized carbons (Fsp3) is 0.600. The Kier molecular flexibility index (Phi) is 6.73. The zero-order chi connectivity index (χ0) is 18.4. The van der Waals surface area contributed by atoms with Crippen molar-refractivity contribution in [2.75, 3.05) is 17.8 Å². The van der Waals surface area contributed by atoms with Crippen LogP contribution in [-0.4, -0.2) is 27.5 Å². The number of rotatable bonds is 9. The van der Waals surface area contributed by atoms with Crippen LogP contribution >= 0.6 is 0 Å². The largest absolute Gasteiger partial charge is 0.314 e. The molecule has 2 bridgehead atoms. The molecule has 3 unspecified atom stereocenters. The Bertz CT molecular complexity index is 703. The fourth-order valence-electron chi connectivity index (χ4n) is 4.23. The van der Waals surface area contributed by atoms with E-state index in [0.717, 1.165) is 24.8 Å². The van der Waals surface area contributed by atoms with Gasteiger partial charge in [0.15, 0.2) is 0 Å². The predicted octanol–water partition coefficient (Wildman–Crippen LogP) is 3.44. The highest BCUT2D eigenvalue weighted by atomic mass is 32.2. The number of nitrogens with one attached hydrogen (secondary N) is 3. The maximum atomic E-state index is 12.0. The summed E-state index contributed by atoms with van der Waals surface area (Å²) >= 11 is 0. The van der Waals surface area contributed by atoms with Crippen LogP contribution in [0.25, 0.3) is 0 Å². The van der Waals surface area contributed by atoms with E-state index in [1.54, 1.807) is 29.8 Å². The molecular formula is C20H31N3O2S. The second kappa shape index (κ2) is 9.02. The van der Waals surface area contributed by atoms with Crippen LogP contribution in [0.4, 0.5) is 5.69 Å². The van der Waals surface area contributed by atoms with Crippen LogP contribution in [0.1, 0.15) is 45.4 Å². The van der Waals surface area contributed by atoms with Gasteiger partial charge < -0.3 is 5.32 Å². The van der Waals surface area contributed by atoms with Crippen LogP contribution in [0.5, 0.6) is 0 Å². The molecule has 0 amide bonds. The lowest BCUT2D eigenvalue weighted by Crippen LogP contribution is -2.43. The van der Waals surface area contributed by atoms with Gasteiger partial charge in [0, 0.05) is 18.3 Å². The third-order valence-electron chi connectivity index (χ3n) is 5.55. The molecule has 1 saturated carbocycles. The minimum atomic E-state index is -3.50. The standard InChI is InChI=1S/C20H31N3O2S/c1-2-16-13-17-9-10-20(18(14-16)15-17)21-11-6-12-22-26(24,25)23-19-7-4-3-5-8-19/h3-5,7-8,13,17-18,20-23H,2,6,9-12,14-15H2,1H3. The third-order valence-corrected chi connectivity index (χ3v) is 6.64. The molecular weight excluding hydrogens is 346 g/mol. The predicted molar refractivity (Wildman–Crippen MR) is 107 cm³/mol. The molecule has 0 aliphatic heterocycles. The molecule has 144 valence electrons. The van der Waals surface area contributed by atoms with E-state index in [4.69, 9.17) is 0 Å². The van der Waals surface area contributed by atoms with Crippen molar-refractivity contribution in [1.29, 1.82) is 0 Å². The first kappa shape index (κ1) is 19.4. The number of hydrogen-bond acceptors (Lipinski definition) is 3. The van der Waals surface area contributed by atoms with E-state index < -0.39 is 10.2 Å². The second-order valence-corrected chi connectivity index (χ2v) is 9.00. The van der Waals surface area contributed by atoms with Crippen molar-refractivity contribution in [3.8, 4) is 0 Å². The Balaban J connectivity index is 1.36. The Morgan fingerprint density at radius 3 is 2.69 bits per heavy atom. The van der Waals surface area contributed by atoms with Crippen LogP contribution in [0.2, 0.25) is 0 Å². The van der Waals surface area contributed by atoms with Gasteiger partial charge in [-0.15, -0.1) is 0 Å². The highest BCUT2D eigenvalue weighted by Gasteiger charge is 2.32. The van der Waals surface area contributed by atoms with Crippen molar-refractivity contribution in [1.82, 2.24) is 10.0 Å². The number of anilines is 1. The average Bonchev–Trinajstić information content (AvgIpc) is 2.63. The molecule has 0 heterocycles. The Morgan fingerprint density at radius 2 is 1.92 bits per heavy atom. The van der Waals surface area contributed by atoms with Crippen LogP contribution < -0.4 is 14.8 Å². The number of allylic oxidation sites excluding steroid dienone is 2. The van der Waals surface area contributed by atoms with Gasteiger partial charge in [-0.25, -0.2) is 0 Å². The summed E-state index contributed by atoms with van der Waals surface area (Å²) in [5, 5.41) is 3.68. The maximum absolute atomic E-state index is 12.0. The minimum Gasteiger partial charge on any atom is -0.314 e. The normalized spacial score (nSPS) is 25.6. The van der Waals surface area contributed by atoms with Crippen LogP contribution in [-0.2, 0) is 10.2 Å². The minimum absolute atomic E-state index is 0.440. The van der Waals surface area contributed by atoms with E-state index in [2.05, 4.69) is 27.8 Å². The highest BCUT2D eigenvalue weighted by molar-refractivity contribution is 7.90. The molecule has 3 N–H and O–H groups in total. The number of hydrogen-bond donors (Lipinski definition) is 3. The second-order valence-electron chi connectivity index (χ2n) is 7.50. The van der Waals surface area contributed by atoms with Gasteiger partial charge in [0.05, 0.1) is 0 Å². The van der Waals surface area contributed by atoms with Crippen molar-refractivity contribution >= 4 is 15.9 Å². The van der Waals surface area contributed by atoms with E-state index in [1.165, 1.54) is 32.1 Å².